The highest BCUT2D eigenvalue weighted by molar-refractivity contribution is 7.90. The molecule has 0 saturated heterocycles. The van der Waals surface area contributed by atoms with Crippen molar-refractivity contribution >= 4 is 27.3 Å². The molecular formula is C11H14ClNO3S. The standard InChI is InChI=1S/C11H14ClNO3S/c12-8-11(14)13-6-7-17(15,16)9-10-4-2-1-3-5-10/h1-5H,6-9H2,(H,13,14). The molecule has 0 fully saturated rings. The Labute approximate surface area is 106 Å². The van der Waals surface area contributed by atoms with Gasteiger partial charge >= 0.3 is 0 Å². The molecule has 1 rings (SSSR count). The van der Waals surface area contributed by atoms with Gasteiger partial charge in [-0.1, -0.05) is 30.3 Å². The Balaban J connectivity index is 2.44. The third-order valence-corrected chi connectivity index (χ3v) is 3.93. The largest absolute Gasteiger partial charge is 0.354 e. The first-order chi connectivity index (χ1) is 8.03. The summed E-state index contributed by atoms with van der Waals surface area (Å²) in [7, 11) is -3.20. The maximum absolute atomic E-state index is 11.7. The normalized spacial score (nSPS) is 11.1. The van der Waals surface area contributed by atoms with Crippen molar-refractivity contribution in [2.24, 2.45) is 0 Å². The van der Waals surface area contributed by atoms with Crippen molar-refractivity contribution in [2.75, 3.05) is 18.2 Å². The summed E-state index contributed by atoms with van der Waals surface area (Å²) in [4.78, 5) is 10.8. The lowest BCUT2D eigenvalue weighted by atomic mass is 10.2. The fraction of sp³-hybridized carbons (Fsp3) is 0.364. The number of hydrogen-bond acceptors (Lipinski definition) is 3. The number of benzene rings is 1. The van der Waals surface area contributed by atoms with Crippen molar-refractivity contribution in [1.82, 2.24) is 5.32 Å². The van der Waals surface area contributed by atoms with Crippen LogP contribution in [0.25, 0.3) is 0 Å². The second kappa shape index (κ2) is 6.61. The van der Waals surface area contributed by atoms with Gasteiger partial charge in [0.25, 0.3) is 0 Å². The predicted octanol–water partition coefficient (Wildman–Crippen LogP) is 0.956. The number of hydrogen-bond donors (Lipinski definition) is 1. The summed E-state index contributed by atoms with van der Waals surface area (Å²) in [6, 6.07) is 8.93. The second-order valence-corrected chi connectivity index (χ2v) is 6.01. The van der Waals surface area contributed by atoms with Gasteiger partial charge in [-0.3, -0.25) is 4.79 Å². The third kappa shape index (κ3) is 5.70. The second-order valence-electron chi connectivity index (χ2n) is 3.56. The van der Waals surface area contributed by atoms with Crippen LogP contribution in [-0.4, -0.2) is 32.5 Å². The average molecular weight is 276 g/mol. The van der Waals surface area contributed by atoms with E-state index in [1.807, 2.05) is 6.07 Å². The summed E-state index contributed by atoms with van der Waals surface area (Å²) in [5.74, 6) is -0.602. The predicted molar refractivity (Wildman–Crippen MR) is 67.7 cm³/mol. The van der Waals surface area contributed by atoms with Gasteiger partial charge in [-0.15, -0.1) is 11.6 Å². The van der Waals surface area contributed by atoms with Gasteiger partial charge in [-0.2, -0.15) is 0 Å². The fourth-order valence-corrected chi connectivity index (χ4v) is 2.65. The van der Waals surface area contributed by atoms with Crippen molar-refractivity contribution in [2.45, 2.75) is 5.75 Å². The molecule has 0 aromatic heterocycles. The highest BCUT2D eigenvalue weighted by Crippen LogP contribution is 2.05. The quantitative estimate of drug-likeness (QED) is 0.787. The molecule has 1 N–H and O–H groups in total. The number of rotatable bonds is 6. The van der Waals surface area contributed by atoms with Gasteiger partial charge in [0.2, 0.25) is 5.91 Å². The van der Waals surface area contributed by atoms with Gasteiger partial charge in [0.05, 0.1) is 11.5 Å². The lowest BCUT2D eigenvalue weighted by Gasteiger charge is -2.05. The SMILES string of the molecule is O=C(CCl)NCCS(=O)(=O)Cc1ccccc1. The molecule has 0 atom stereocenters. The van der Waals surface area contributed by atoms with E-state index in [0.29, 0.717) is 0 Å². The van der Waals surface area contributed by atoms with E-state index in [0.717, 1.165) is 5.56 Å². The molecular weight excluding hydrogens is 262 g/mol. The molecule has 94 valence electrons. The minimum Gasteiger partial charge on any atom is -0.354 e. The van der Waals surface area contributed by atoms with E-state index in [-0.39, 0.29) is 29.8 Å². The van der Waals surface area contributed by atoms with Gasteiger partial charge in [0.1, 0.15) is 5.88 Å². The monoisotopic (exact) mass is 275 g/mol. The highest BCUT2D eigenvalue weighted by atomic mass is 35.5. The average Bonchev–Trinajstić information content (AvgIpc) is 2.29. The maximum Gasteiger partial charge on any atom is 0.234 e. The van der Waals surface area contributed by atoms with Crippen LogP contribution < -0.4 is 5.32 Å². The molecule has 17 heavy (non-hydrogen) atoms. The molecule has 0 radical (unpaired) electrons. The molecule has 0 saturated carbocycles. The number of alkyl halides is 1. The number of carbonyl (C=O) groups is 1. The summed E-state index contributed by atoms with van der Waals surface area (Å²) >= 11 is 5.27. The molecule has 6 heteroatoms. The molecule has 1 aromatic carbocycles. The summed E-state index contributed by atoms with van der Waals surface area (Å²) < 4.78 is 23.4. The Kier molecular flexibility index (Phi) is 5.44. The van der Waals surface area contributed by atoms with E-state index in [1.54, 1.807) is 24.3 Å². The lowest BCUT2D eigenvalue weighted by molar-refractivity contribution is -0.118. The molecule has 0 heterocycles. The van der Waals surface area contributed by atoms with Crippen molar-refractivity contribution in [3.8, 4) is 0 Å². The summed E-state index contributed by atoms with van der Waals surface area (Å²) in [6.45, 7) is 0.0979. The Hall–Kier alpha value is -1.07. The van der Waals surface area contributed by atoms with Gasteiger partial charge in [0.15, 0.2) is 9.84 Å². The smallest absolute Gasteiger partial charge is 0.234 e. The molecule has 0 aliphatic heterocycles. The van der Waals surface area contributed by atoms with Crippen molar-refractivity contribution in [3.05, 3.63) is 35.9 Å². The first kappa shape index (κ1) is 14.0. The van der Waals surface area contributed by atoms with Crippen LogP contribution in [-0.2, 0) is 20.4 Å². The van der Waals surface area contributed by atoms with E-state index in [9.17, 15) is 13.2 Å². The molecule has 0 aliphatic carbocycles. The zero-order valence-corrected chi connectivity index (χ0v) is 10.8. The van der Waals surface area contributed by atoms with E-state index in [4.69, 9.17) is 11.6 Å². The Morgan fingerprint density at radius 1 is 1.24 bits per heavy atom. The molecule has 1 amide bonds. The van der Waals surface area contributed by atoms with Crippen LogP contribution in [0.15, 0.2) is 30.3 Å². The van der Waals surface area contributed by atoms with E-state index < -0.39 is 9.84 Å². The van der Waals surface area contributed by atoms with Crippen LogP contribution in [0.1, 0.15) is 5.56 Å². The molecule has 0 bridgehead atoms. The topological polar surface area (TPSA) is 63.2 Å². The van der Waals surface area contributed by atoms with Crippen LogP contribution in [0.2, 0.25) is 0 Å². The van der Waals surface area contributed by atoms with E-state index >= 15 is 0 Å². The molecule has 4 nitrogen and oxygen atoms in total. The Bertz CT molecular complexity index is 459. The van der Waals surface area contributed by atoms with Crippen LogP contribution >= 0.6 is 11.6 Å². The minimum absolute atomic E-state index is 0.00934. The van der Waals surface area contributed by atoms with Crippen molar-refractivity contribution < 1.29 is 13.2 Å². The van der Waals surface area contributed by atoms with Gasteiger partial charge in [-0.25, -0.2) is 8.42 Å². The summed E-state index contributed by atoms with van der Waals surface area (Å²) in [6.07, 6.45) is 0. The van der Waals surface area contributed by atoms with Gasteiger partial charge in [-0.05, 0) is 5.56 Å². The zero-order chi connectivity index (χ0) is 12.7. The number of amides is 1. The lowest BCUT2D eigenvalue weighted by Crippen LogP contribution is -2.30. The maximum atomic E-state index is 11.7. The molecule has 0 unspecified atom stereocenters. The van der Waals surface area contributed by atoms with Crippen LogP contribution in [0.5, 0.6) is 0 Å². The highest BCUT2D eigenvalue weighted by Gasteiger charge is 2.12. The molecule has 1 aromatic rings. The third-order valence-electron chi connectivity index (χ3n) is 2.09. The summed E-state index contributed by atoms with van der Waals surface area (Å²) in [5.41, 5.74) is 0.746. The molecule has 0 spiro atoms. The first-order valence-corrected chi connectivity index (χ1v) is 7.46. The van der Waals surface area contributed by atoms with Crippen LogP contribution in [0.3, 0.4) is 0 Å². The Morgan fingerprint density at radius 2 is 1.88 bits per heavy atom. The van der Waals surface area contributed by atoms with Crippen LogP contribution in [0, 0.1) is 0 Å². The zero-order valence-electron chi connectivity index (χ0n) is 9.23. The number of nitrogens with one attached hydrogen (secondary N) is 1. The van der Waals surface area contributed by atoms with Gasteiger partial charge in [0, 0.05) is 6.54 Å². The molecule has 0 aliphatic rings. The van der Waals surface area contributed by atoms with E-state index in [1.165, 1.54) is 0 Å². The first-order valence-electron chi connectivity index (χ1n) is 5.10. The van der Waals surface area contributed by atoms with E-state index in [2.05, 4.69) is 5.32 Å². The number of halogens is 1. The van der Waals surface area contributed by atoms with Gasteiger partial charge < -0.3 is 5.32 Å². The number of carbonyl (C=O) groups excluding carboxylic acids is 1. The summed E-state index contributed by atoms with van der Waals surface area (Å²) in [5, 5.41) is 2.42. The number of sulfone groups is 1. The van der Waals surface area contributed by atoms with Crippen molar-refractivity contribution in [3.63, 3.8) is 0 Å². The van der Waals surface area contributed by atoms with Crippen LogP contribution in [0.4, 0.5) is 0 Å². The minimum atomic E-state index is -3.20. The fourth-order valence-electron chi connectivity index (χ4n) is 1.29. The Morgan fingerprint density at radius 3 is 2.47 bits per heavy atom. The van der Waals surface area contributed by atoms with Crippen molar-refractivity contribution in [1.29, 1.82) is 0 Å².